The molecule has 4 nitrogen and oxygen atoms in total. The summed E-state index contributed by atoms with van der Waals surface area (Å²) in [6.45, 7) is 1.53. The van der Waals surface area contributed by atoms with E-state index in [0.29, 0.717) is 13.1 Å². The van der Waals surface area contributed by atoms with E-state index >= 15 is 0 Å². The summed E-state index contributed by atoms with van der Waals surface area (Å²) in [5, 5.41) is 3.16. The van der Waals surface area contributed by atoms with Crippen molar-refractivity contribution in [2.24, 2.45) is 0 Å². The minimum atomic E-state index is -0.532. The van der Waals surface area contributed by atoms with Gasteiger partial charge in [0.2, 0.25) is 5.91 Å². The third-order valence-corrected chi connectivity index (χ3v) is 3.74. The predicted molar refractivity (Wildman–Crippen MR) is 74.7 cm³/mol. The Labute approximate surface area is 123 Å². The molecule has 0 saturated carbocycles. The third-order valence-electron chi connectivity index (χ3n) is 3.74. The number of nitrogens with zero attached hydrogens (tertiary/aromatic N) is 1. The number of rotatable bonds is 5. The second kappa shape index (κ2) is 7.47. The van der Waals surface area contributed by atoms with E-state index < -0.39 is 11.6 Å². The highest BCUT2D eigenvalue weighted by atomic mass is 19.1. The largest absolute Gasteiger partial charge is 0.375 e. The first-order valence-corrected chi connectivity index (χ1v) is 7.04. The molecule has 21 heavy (non-hydrogen) atoms. The van der Waals surface area contributed by atoms with Crippen LogP contribution in [0.2, 0.25) is 0 Å². The topological polar surface area (TPSA) is 41.6 Å². The van der Waals surface area contributed by atoms with E-state index in [1.807, 2.05) is 0 Å². The zero-order chi connectivity index (χ0) is 15.2. The van der Waals surface area contributed by atoms with Gasteiger partial charge in [0, 0.05) is 38.3 Å². The van der Waals surface area contributed by atoms with Gasteiger partial charge < -0.3 is 15.0 Å². The number of amides is 1. The predicted octanol–water partition coefficient (Wildman–Crippen LogP) is 1.69. The SMILES string of the molecule is COCC(=O)N1CCC(NCc2c(F)cccc2F)CC1. The molecule has 6 heteroatoms. The molecule has 0 radical (unpaired) electrons. The average molecular weight is 298 g/mol. The first-order chi connectivity index (χ1) is 10.1. The molecule has 1 saturated heterocycles. The number of piperidine rings is 1. The molecule has 1 fully saturated rings. The van der Waals surface area contributed by atoms with Crippen molar-refractivity contribution in [1.29, 1.82) is 0 Å². The Balaban J connectivity index is 1.80. The van der Waals surface area contributed by atoms with Crippen LogP contribution in [-0.4, -0.2) is 43.7 Å². The maximum atomic E-state index is 13.5. The summed E-state index contributed by atoms with van der Waals surface area (Å²) in [4.78, 5) is 13.4. The summed E-state index contributed by atoms with van der Waals surface area (Å²) in [6, 6.07) is 4.03. The van der Waals surface area contributed by atoms with Crippen molar-refractivity contribution in [2.75, 3.05) is 26.8 Å². The van der Waals surface area contributed by atoms with Crippen molar-refractivity contribution < 1.29 is 18.3 Å². The van der Waals surface area contributed by atoms with Crippen molar-refractivity contribution in [2.45, 2.75) is 25.4 Å². The summed E-state index contributed by atoms with van der Waals surface area (Å²) in [5.41, 5.74) is 0.0652. The number of carbonyl (C=O) groups is 1. The van der Waals surface area contributed by atoms with Crippen molar-refractivity contribution in [3.05, 3.63) is 35.4 Å². The smallest absolute Gasteiger partial charge is 0.248 e. The molecule has 1 amide bonds. The Bertz CT molecular complexity index is 468. The number of halogens is 2. The van der Waals surface area contributed by atoms with Crippen LogP contribution in [0.1, 0.15) is 18.4 Å². The van der Waals surface area contributed by atoms with E-state index in [9.17, 15) is 13.6 Å². The lowest BCUT2D eigenvalue weighted by Gasteiger charge is -2.32. The van der Waals surface area contributed by atoms with E-state index in [1.54, 1.807) is 4.90 Å². The summed E-state index contributed by atoms with van der Waals surface area (Å²) in [6.07, 6.45) is 1.54. The first kappa shape index (κ1) is 15.9. The lowest BCUT2D eigenvalue weighted by atomic mass is 10.0. The Kier molecular flexibility index (Phi) is 5.64. The zero-order valence-corrected chi connectivity index (χ0v) is 12.1. The van der Waals surface area contributed by atoms with Gasteiger partial charge in [0.05, 0.1) is 0 Å². The van der Waals surface area contributed by atoms with Crippen LogP contribution < -0.4 is 5.32 Å². The van der Waals surface area contributed by atoms with Crippen molar-refractivity contribution in [3.63, 3.8) is 0 Å². The van der Waals surface area contributed by atoms with Crippen LogP contribution >= 0.6 is 0 Å². The highest BCUT2D eigenvalue weighted by Gasteiger charge is 2.22. The van der Waals surface area contributed by atoms with Gasteiger partial charge in [-0.1, -0.05) is 6.07 Å². The summed E-state index contributed by atoms with van der Waals surface area (Å²) >= 11 is 0. The van der Waals surface area contributed by atoms with E-state index in [1.165, 1.54) is 25.3 Å². The molecule has 0 aliphatic carbocycles. The maximum Gasteiger partial charge on any atom is 0.248 e. The zero-order valence-electron chi connectivity index (χ0n) is 12.1. The minimum absolute atomic E-state index is 0.0175. The second-order valence-corrected chi connectivity index (χ2v) is 5.17. The number of hydrogen-bond donors (Lipinski definition) is 1. The number of likely N-dealkylation sites (tertiary alicyclic amines) is 1. The molecule has 0 unspecified atom stereocenters. The van der Waals surface area contributed by atoms with Crippen molar-refractivity contribution in [1.82, 2.24) is 10.2 Å². The summed E-state index contributed by atoms with van der Waals surface area (Å²) < 4.78 is 31.8. The standard InChI is InChI=1S/C15H20F2N2O2/c1-21-10-15(20)19-7-5-11(6-8-19)18-9-12-13(16)3-2-4-14(12)17/h2-4,11,18H,5-10H2,1H3. The van der Waals surface area contributed by atoms with Crippen LogP contribution in [0.4, 0.5) is 8.78 Å². The highest BCUT2D eigenvalue weighted by Crippen LogP contribution is 2.15. The van der Waals surface area contributed by atoms with Crippen LogP contribution in [-0.2, 0) is 16.1 Å². The number of benzene rings is 1. The van der Waals surface area contributed by atoms with Crippen LogP contribution in [0.15, 0.2) is 18.2 Å². The Hall–Kier alpha value is -1.53. The first-order valence-electron chi connectivity index (χ1n) is 7.04. The molecule has 0 spiro atoms. The van der Waals surface area contributed by atoms with Crippen LogP contribution in [0.5, 0.6) is 0 Å². The molecule has 116 valence electrons. The molecule has 1 aromatic rings. The van der Waals surface area contributed by atoms with E-state index in [2.05, 4.69) is 5.32 Å². The Morgan fingerprint density at radius 3 is 2.52 bits per heavy atom. The van der Waals surface area contributed by atoms with Gasteiger partial charge in [-0.25, -0.2) is 8.78 Å². The minimum Gasteiger partial charge on any atom is -0.375 e. The fraction of sp³-hybridized carbons (Fsp3) is 0.533. The number of ether oxygens (including phenoxy) is 1. The molecular formula is C15H20F2N2O2. The van der Waals surface area contributed by atoms with Gasteiger partial charge >= 0.3 is 0 Å². The Morgan fingerprint density at radius 2 is 1.95 bits per heavy atom. The molecule has 0 atom stereocenters. The van der Waals surface area contributed by atoms with E-state index in [4.69, 9.17) is 4.74 Å². The van der Waals surface area contributed by atoms with Gasteiger partial charge in [-0.15, -0.1) is 0 Å². The lowest BCUT2D eigenvalue weighted by molar-refractivity contribution is -0.136. The fourth-order valence-corrected chi connectivity index (χ4v) is 2.50. The highest BCUT2D eigenvalue weighted by molar-refractivity contribution is 5.77. The number of hydrogen-bond acceptors (Lipinski definition) is 3. The Morgan fingerprint density at radius 1 is 1.33 bits per heavy atom. The molecule has 1 aromatic carbocycles. The van der Waals surface area contributed by atoms with Gasteiger partial charge in [0.25, 0.3) is 0 Å². The molecule has 2 rings (SSSR count). The quantitative estimate of drug-likeness (QED) is 0.899. The van der Waals surface area contributed by atoms with Crippen LogP contribution in [0.25, 0.3) is 0 Å². The number of nitrogens with one attached hydrogen (secondary N) is 1. The van der Waals surface area contributed by atoms with Gasteiger partial charge in [-0.05, 0) is 25.0 Å². The molecule has 0 bridgehead atoms. The maximum absolute atomic E-state index is 13.5. The summed E-state index contributed by atoms with van der Waals surface area (Å²) in [5.74, 6) is -1.08. The monoisotopic (exact) mass is 298 g/mol. The second-order valence-electron chi connectivity index (χ2n) is 5.17. The molecule has 1 heterocycles. The number of carbonyl (C=O) groups excluding carboxylic acids is 1. The fourth-order valence-electron chi connectivity index (χ4n) is 2.50. The molecule has 1 aliphatic rings. The van der Waals surface area contributed by atoms with Crippen LogP contribution in [0.3, 0.4) is 0 Å². The molecule has 1 N–H and O–H groups in total. The molecule has 0 aromatic heterocycles. The normalized spacial score (nSPS) is 16.2. The van der Waals surface area contributed by atoms with E-state index in [-0.39, 0.29) is 30.7 Å². The summed E-state index contributed by atoms with van der Waals surface area (Å²) in [7, 11) is 1.50. The third kappa shape index (κ3) is 4.22. The van der Waals surface area contributed by atoms with Gasteiger partial charge in [0.15, 0.2) is 0 Å². The van der Waals surface area contributed by atoms with Gasteiger partial charge in [0.1, 0.15) is 18.2 Å². The van der Waals surface area contributed by atoms with Crippen molar-refractivity contribution >= 4 is 5.91 Å². The lowest BCUT2D eigenvalue weighted by Crippen LogP contribution is -2.45. The van der Waals surface area contributed by atoms with E-state index in [0.717, 1.165) is 12.8 Å². The molecule has 1 aliphatic heterocycles. The molecular weight excluding hydrogens is 278 g/mol. The van der Waals surface area contributed by atoms with Gasteiger partial charge in [-0.2, -0.15) is 0 Å². The van der Waals surface area contributed by atoms with Gasteiger partial charge in [-0.3, -0.25) is 4.79 Å². The van der Waals surface area contributed by atoms with Crippen molar-refractivity contribution in [3.8, 4) is 0 Å². The van der Waals surface area contributed by atoms with Crippen LogP contribution in [0, 0.1) is 11.6 Å². The number of methoxy groups -OCH3 is 1. The average Bonchev–Trinajstić information content (AvgIpc) is 2.47.